The number of halogens is 1. The van der Waals surface area contributed by atoms with Gasteiger partial charge >= 0.3 is 0 Å². The van der Waals surface area contributed by atoms with E-state index in [0.29, 0.717) is 17.8 Å². The average Bonchev–Trinajstić information content (AvgIpc) is 2.55. The van der Waals surface area contributed by atoms with Crippen LogP contribution in [0.5, 0.6) is 0 Å². The summed E-state index contributed by atoms with van der Waals surface area (Å²) >= 11 is 0. The third-order valence-electron chi connectivity index (χ3n) is 5.39. The summed E-state index contributed by atoms with van der Waals surface area (Å²) in [7, 11) is 0. The van der Waals surface area contributed by atoms with Gasteiger partial charge in [-0.1, -0.05) is 44.2 Å². The number of ketones is 1. The van der Waals surface area contributed by atoms with Crippen LogP contribution in [0.4, 0.5) is 10.2 Å². The van der Waals surface area contributed by atoms with E-state index in [0.717, 1.165) is 23.3 Å². The number of carbonyl (C=O) groups is 1. The molecule has 1 aliphatic heterocycles. The summed E-state index contributed by atoms with van der Waals surface area (Å²) in [6.07, 6.45) is 2.49. The van der Waals surface area contributed by atoms with Crippen LogP contribution in [0.25, 0.3) is 0 Å². The highest BCUT2D eigenvalue weighted by atomic mass is 19.1. The van der Waals surface area contributed by atoms with E-state index in [1.165, 1.54) is 12.3 Å². The number of aromatic nitrogens is 1. The first-order chi connectivity index (χ1) is 11.8. The Bertz CT molecular complexity index is 901. The molecule has 25 heavy (non-hydrogen) atoms. The van der Waals surface area contributed by atoms with E-state index >= 15 is 0 Å². The molecule has 1 atom stereocenters. The molecule has 0 unspecified atom stereocenters. The highest BCUT2D eigenvalue weighted by molar-refractivity contribution is 6.02. The minimum atomic E-state index is -0.708. The molecule has 128 valence electrons. The number of carbonyl (C=O) groups excluding carboxylic acids is 1. The number of anilines is 1. The molecule has 4 heteroatoms. The molecule has 0 fully saturated rings. The molecule has 0 saturated heterocycles. The van der Waals surface area contributed by atoms with Crippen LogP contribution < -0.4 is 5.32 Å². The van der Waals surface area contributed by atoms with Crippen LogP contribution in [0.15, 0.2) is 53.9 Å². The van der Waals surface area contributed by atoms with Gasteiger partial charge in [0.15, 0.2) is 5.78 Å². The summed E-state index contributed by atoms with van der Waals surface area (Å²) in [5, 5.41) is 3.32. The molecule has 2 aliphatic rings. The van der Waals surface area contributed by atoms with E-state index < -0.39 is 11.2 Å². The predicted octanol–water partition coefficient (Wildman–Crippen LogP) is 4.60. The van der Waals surface area contributed by atoms with Crippen molar-refractivity contribution in [1.82, 2.24) is 4.98 Å². The lowest BCUT2D eigenvalue weighted by Crippen LogP contribution is -2.42. The first-order valence-corrected chi connectivity index (χ1v) is 8.57. The lowest BCUT2D eigenvalue weighted by atomic mass is 9.62. The number of benzene rings is 1. The number of pyridine rings is 1. The van der Waals surface area contributed by atoms with Crippen LogP contribution in [0.1, 0.15) is 44.7 Å². The maximum Gasteiger partial charge on any atom is 0.162 e. The van der Waals surface area contributed by atoms with Crippen LogP contribution >= 0.6 is 0 Å². The Hall–Kier alpha value is -2.49. The predicted molar refractivity (Wildman–Crippen MR) is 95.8 cm³/mol. The number of rotatable bonds is 1. The molecule has 0 saturated carbocycles. The number of hydrogen-bond acceptors (Lipinski definition) is 3. The van der Waals surface area contributed by atoms with Gasteiger partial charge in [-0.25, -0.2) is 9.37 Å². The molecule has 0 radical (unpaired) electrons. The molecule has 0 amide bonds. The molecule has 2 heterocycles. The molecular formula is C21H21FN2O. The molecular weight excluding hydrogens is 315 g/mol. The maximum absolute atomic E-state index is 14.0. The zero-order valence-electron chi connectivity index (χ0n) is 14.7. The number of nitrogens with one attached hydrogen (secondary N) is 1. The highest BCUT2D eigenvalue weighted by Crippen LogP contribution is 2.51. The Morgan fingerprint density at radius 1 is 1.12 bits per heavy atom. The molecule has 4 rings (SSSR count). The van der Waals surface area contributed by atoms with Crippen LogP contribution in [0, 0.1) is 11.2 Å². The zero-order chi connectivity index (χ0) is 17.8. The van der Waals surface area contributed by atoms with Gasteiger partial charge in [-0.3, -0.25) is 4.79 Å². The minimum Gasteiger partial charge on any atom is -0.343 e. The number of fused-ring (bicyclic) bond motifs is 1. The Labute approximate surface area is 147 Å². The Balaban J connectivity index is 2.03. The van der Waals surface area contributed by atoms with Crippen molar-refractivity contribution in [1.29, 1.82) is 0 Å². The zero-order valence-corrected chi connectivity index (χ0v) is 14.7. The first-order valence-electron chi connectivity index (χ1n) is 8.57. The normalized spacial score (nSPS) is 24.4. The van der Waals surface area contributed by atoms with Gasteiger partial charge in [-0.05, 0) is 30.4 Å². The average molecular weight is 336 g/mol. The van der Waals surface area contributed by atoms with Crippen molar-refractivity contribution in [2.75, 3.05) is 5.32 Å². The molecule has 2 aromatic rings. The van der Waals surface area contributed by atoms with Gasteiger partial charge in [0.2, 0.25) is 0 Å². The van der Waals surface area contributed by atoms with Gasteiger partial charge in [0.1, 0.15) is 11.6 Å². The number of Topliss-reactive ketones (excluding diaryl/α,β-unsaturated/α-hetero) is 1. The van der Waals surface area contributed by atoms with Crippen molar-refractivity contribution in [3.8, 4) is 0 Å². The highest BCUT2D eigenvalue weighted by Gasteiger charge is 2.47. The molecule has 1 aliphatic carbocycles. The summed E-state index contributed by atoms with van der Waals surface area (Å²) in [4.78, 5) is 17.4. The van der Waals surface area contributed by atoms with E-state index in [2.05, 4.69) is 24.1 Å². The largest absolute Gasteiger partial charge is 0.343 e. The lowest BCUT2D eigenvalue weighted by molar-refractivity contribution is -0.118. The van der Waals surface area contributed by atoms with E-state index in [-0.39, 0.29) is 11.2 Å². The van der Waals surface area contributed by atoms with Crippen molar-refractivity contribution < 1.29 is 9.18 Å². The van der Waals surface area contributed by atoms with Crippen LogP contribution in [0.2, 0.25) is 0 Å². The van der Waals surface area contributed by atoms with Crippen LogP contribution in [-0.2, 0) is 10.2 Å². The van der Waals surface area contributed by atoms with Crippen molar-refractivity contribution in [2.45, 2.75) is 39.0 Å². The van der Waals surface area contributed by atoms with Gasteiger partial charge in [0.05, 0.1) is 11.6 Å². The second-order valence-electron chi connectivity index (χ2n) is 7.96. The third kappa shape index (κ3) is 2.39. The molecule has 1 N–H and O–H groups in total. The molecule has 1 aromatic carbocycles. The van der Waals surface area contributed by atoms with Crippen molar-refractivity contribution >= 4 is 11.6 Å². The second-order valence-corrected chi connectivity index (χ2v) is 7.96. The van der Waals surface area contributed by atoms with Crippen LogP contribution in [0.3, 0.4) is 0 Å². The fourth-order valence-electron chi connectivity index (χ4n) is 4.28. The lowest BCUT2D eigenvalue weighted by Gasteiger charge is -2.44. The standard InChI is InChI=1S/C21H21FN2O/c1-20(2)10-16-18(17(25)11-20)21(3,13-7-5-4-6-8-13)15-9-14(22)12-23-19(15)24-16/h4-9,12H,10-11H2,1-3H3,(H,23,24)/t21-/m0/s1. The fraction of sp³-hybridized carbons (Fsp3) is 0.333. The maximum atomic E-state index is 14.0. The molecule has 0 spiro atoms. The minimum absolute atomic E-state index is 0.0992. The Kier molecular flexibility index (Phi) is 3.36. The second kappa shape index (κ2) is 5.25. The van der Waals surface area contributed by atoms with Crippen molar-refractivity contribution in [3.63, 3.8) is 0 Å². The Morgan fingerprint density at radius 3 is 2.56 bits per heavy atom. The van der Waals surface area contributed by atoms with Gasteiger partial charge in [-0.2, -0.15) is 0 Å². The summed E-state index contributed by atoms with van der Waals surface area (Å²) < 4.78 is 14.0. The Morgan fingerprint density at radius 2 is 1.84 bits per heavy atom. The number of allylic oxidation sites excluding steroid dienone is 2. The molecule has 0 bridgehead atoms. The topological polar surface area (TPSA) is 42.0 Å². The fourth-order valence-corrected chi connectivity index (χ4v) is 4.28. The summed E-state index contributed by atoms with van der Waals surface area (Å²) in [6, 6.07) is 11.3. The number of hydrogen-bond donors (Lipinski definition) is 1. The number of nitrogens with zero attached hydrogens (tertiary/aromatic N) is 1. The first kappa shape index (κ1) is 16.0. The molecule has 3 nitrogen and oxygen atoms in total. The van der Waals surface area contributed by atoms with Gasteiger partial charge < -0.3 is 5.32 Å². The molecule has 1 aromatic heterocycles. The monoisotopic (exact) mass is 336 g/mol. The quantitative estimate of drug-likeness (QED) is 0.828. The van der Waals surface area contributed by atoms with Gasteiger partial charge in [0.25, 0.3) is 0 Å². The summed E-state index contributed by atoms with van der Waals surface area (Å²) in [6.45, 7) is 6.21. The SMILES string of the molecule is CC1(C)CC(=O)C2=C(C1)Nc1ncc(F)cc1[C@]2(C)c1ccccc1. The van der Waals surface area contributed by atoms with E-state index in [1.807, 2.05) is 37.3 Å². The van der Waals surface area contributed by atoms with E-state index in [1.54, 1.807) is 0 Å². The summed E-state index contributed by atoms with van der Waals surface area (Å²) in [5.41, 5.74) is 2.55. The van der Waals surface area contributed by atoms with Crippen molar-refractivity contribution in [3.05, 3.63) is 70.8 Å². The van der Waals surface area contributed by atoms with Crippen LogP contribution in [-0.4, -0.2) is 10.8 Å². The van der Waals surface area contributed by atoms with Gasteiger partial charge in [-0.15, -0.1) is 0 Å². The van der Waals surface area contributed by atoms with Crippen molar-refractivity contribution in [2.24, 2.45) is 5.41 Å². The third-order valence-corrected chi connectivity index (χ3v) is 5.39. The van der Waals surface area contributed by atoms with Gasteiger partial charge in [0, 0.05) is 23.3 Å². The van der Waals surface area contributed by atoms with E-state index in [9.17, 15) is 9.18 Å². The smallest absolute Gasteiger partial charge is 0.162 e. The van der Waals surface area contributed by atoms with E-state index in [4.69, 9.17) is 0 Å². The summed E-state index contributed by atoms with van der Waals surface area (Å²) in [5.74, 6) is 0.368.